The van der Waals surface area contributed by atoms with Gasteiger partial charge in [0.2, 0.25) is 5.91 Å². The van der Waals surface area contributed by atoms with Crippen LogP contribution in [0.15, 0.2) is 36.8 Å². The largest absolute Gasteiger partial charge is 0.324 e. The Bertz CT molecular complexity index is 1140. The minimum atomic E-state index is -0.446. The third-order valence-corrected chi connectivity index (χ3v) is 5.43. The summed E-state index contributed by atoms with van der Waals surface area (Å²) in [6.07, 6.45) is 5.87. The highest BCUT2D eigenvalue weighted by molar-refractivity contribution is 6.07. The number of carbonyl (C=O) groups is 2. The van der Waals surface area contributed by atoms with Crippen molar-refractivity contribution >= 4 is 23.3 Å². The van der Waals surface area contributed by atoms with Gasteiger partial charge in [0.05, 0.1) is 12.4 Å². The van der Waals surface area contributed by atoms with Crippen LogP contribution in [-0.2, 0) is 11.8 Å². The quantitative estimate of drug-likeness (QED) is 0.648. The lowest BCUT2D eigenvalue weighted by Crippen LogP contribution is -2.32. The predicted molar refractivity (Wildman–Crippen MR) is 116 cm³/mol. The summed E-state index contributed by atoms with van der Waals surface area (Å²) in [6.45, 7) is 6.26. The second-order valence-corrected chi connectivity index (χ2v) is 8.47. The molecule has 1 aliphatic rings. The topological polar surface area (TPSA) is 124 Å². The summed E-state index contributed by atoms with van der Waals surface area (Å²) in [5.41, 5.74) is 7.00. The summed E-state index contributed by atoms with van der Waals surface area (Å²) in [6, 6.07) is 4.97. The zero-order valence-electron chi connectivity index (χ0n) is 18.0. The Kier molecular flexibility index (Phi) is 5.10. The molecule has 3 N–H and O–H groups in total. The molecule has 1 saturated heterocycles. The molecule has 0 bridgehead atoms. The lowest BCUT2D eigenvalue weighted by molar-refractivity contribution is -0.124. The minimum absolute atomic E-state index is 0.00885. The number of nitrogens with one attached hydrogen (secondary N) is 1. The van der Waals surface area contributed by atoms with Crippen LogP contribution in [0.1, 0.15) is 49.3 Å². The van der Waals surface area contributed by atoms with Gasteiger partial charge in [0.15, 0.2) is 11.6 Å². The standard InChI is InChI=1S/C21H26N8O2/c1-13(22)14-10-23-29(11-14)17-7-5-6-15(24-17)19(30)25-16-12-27(4)26-18(16)28-9-8-21(2,3)20(28)31/h5-7,10-13H,8-9,22H2,1-4H3,(H,25,30). The lowest BCUT2D eigenvalue weighted by atomic mass is 9.92. The molecule has 0 aliphatic carbocycles. The van der Waals surface area contributed by atoms with Crippen molar-refractivity contribution in [3.05, 3.63) is 48.0 Å². The number of hydrogen-bond acceptors (Lipinski definition) is 6. The molecule has 0 aromatic carbocycles. The highest BCUT2D eigenvalue weighted by atomic mass is 16.2. The summed E-state index contributed by atoms with van der Waals surface area (Å²) < 4.78 is 3.16. The molecule has 0 radical (unpaired) electrons. The third-order valence-electron chi connectivity index (χ3n) is 5.43. The Hall–Kier alpha value is -3.53. The molecule has 1 atom stereocenters. The lowest BCUT2D eigenvalue weighted by Gasteiger charge is -2.18. The van der Waals surface area contributed by atoms with Gasteiger partial charge in [-0.1, -0.05) is 19.9 Å². The van der Waals surface area contributed by atoms with Crippen molar-refractivity contribution in [2.45, 2.75) is 33.2 Å². The molecule has 10 nitrogen and oxygen atoms in total. The number of pyridine rings is 1. The molecule has 4 rings (SSSR count). The first kappa shape index (κ1) is 20.7. The molecule has 3 aromatic rings. The maximum Gasteiger partial charge on any atom is 0.274 e. The highest BCUT2D eigenvalue weighted by Crippen LogP contribution is 2.36. The first-order valence-electron chi connectivity index (χ1n) is 10.1. The normalized spacial score (nSPS) is 16.5. The Morgan fingerprint density at radius 3 is 2.71 bits per heavy atom. The fourth-order valence-electron chi connectivity index (χ4n) is 3.49. The van der Waals surface area contributed by atoms with Gasteiger partial charge in [0, 0.05) is 36.8 Å². The molecule has 4 heterocycles. The Balaban J connectivity index is 1.58. The summed E-state index contributed by atoms with van der Waals surface area (Å²) in [7, 11) is 1.75. The number of aromatic nitrogens is 5. The van der Waals surface area contributed by atoms with E-state index in [2.05, 4.69) is 20.5 Å². The molecule has 2 amide bonds. The van der Waals surface area contributed by atoms with Crippen molar-refractivity contribution in [2.75, 3.05) is 16.8 Å². The van der Waals surface area contributed by atoms with Crippen LogP contribution in [0.25, 0.3) is 5.82 Å². The van der Waals surface area contributed by atoms with Gasteiger partial charge in [-0.3, -0.25) is 19.2 Å². The van der Waals surface area contributed by atoms with Gasteiger partial charge in [-0.25, -0.2) is 9.67 Å². The molecule has 10 heteroatoms. The van der Waals surface area contributed by atoms with Gasteiger partial charge in [-0.2, -0.15) is 10.2 Å². The zero-order valence-corrected chi connectivity index (χ0v) is 18.0. The molecule has 3 aromatic heterocycles. The van der Waals surface area contributed by atoms with E-state index in [4.69, 9.17) is 5.73 Å². The van der Waals surface area contributed by atoms with E-state index in [0.717, 1.165) is 12.0 Å². The van der Waals surface area contributed by atoms with E-state index in [1.54, 1.807) is 58.1 Å². The van der Waals surface area contributed by atoms with Crippen molar-refractivity contribution < 1.29 is 9.59 Å². The first-order valence-corrected chi connectivity index (χ1v) is 10.1. The Morgan fingerprint density at radius 1 is 1.29 bits per heavy atom. The molecule has 162 valence electrons. The summed E-state index contributed by atoms with van der Waals surface area (Å²) in [5, 5.41) is 11.5. The molecule has 1 aliphatic heterocycles. The van der Waals surface area contributed by atoms with Crippen LogP contribution in [0.3, 0.4) is 0 Å². The van der Waals surface area contributed by atoms with E-state index < -0.39 is 11.3 Å². The van der Waals surface area contributed by atoms with Crippen LogP contribution in [0.5, 0.6) is 0 Å². The number of nitrogens with zero attached hydrogens (tertiary/aromatic N) is 6. The average molecular weight is 422 g/mol. The van der Waals surface area contributed by atoms with Gasteiger partial charge in [-0.05, 0) is 25.5 Å². The summed E-state index contributed by atoms with van der Waals surface area (Å²) in [4.78, 5) is 31.7. The first-order chi connectivity index (χ1) is 14.7. The van der Waals surface area contributed by atoms with E-state index in [0.29, 0.717) is 23.9 Å². The number of hydrogen-bond donors (Lipinski definition) is 2. The van der Waals surface area contributed by atoms with Crippen molar-refractivity contribution in [1.29, 1.82) is 0 Å². The fraction of sp³-hybridized carbons (Fsp3) is 0.381. The molecule has 31 heavy (non-hydrogen) atoms. The second kappa shape index (κ2) is 7.62. The summed E-state index contributed by atoms with van der Waals surface area (Å²) >= 11 is 0. The number of rotatable bonds is 5. The maximum absolute atomic E-state index is 12.9. The second-order valence-electron chi connectivity index (χ2n) is 8.47. The van der Waals surface area contributed by atoms with Gasteiger partial charge >= 0.3 is 0 Å². The average Bonchev–Trinajstić information content (AvgIpc) is 3.41. The van der Waals surface area contributed by atoms with Crippen molar-refractivity contribution in [3.8, 4) is 5.82 Å². The van der Waals surface area contributed by atoms with Crippen LogP contribution < -0.4 is 16.0 Å². The van der Waals surface area contributed by atoms with Crippen molar-refractivity contribution in [2.24, 2.45) is 18.2 Å². The smallest absolute Gasteiger partial charge is 0.274 e. The minimum Gasteiger partial charge on any atom is -0.324 e. The number of aryl methyl sites for hydroxylation is 1. The van der Waals surface area contributed by atoms with Gasteiger partial charge in [0.25, 0.3) is 5.91 Å². The third kappa shape index (κ3) is 3.93. The van der Waals surface area contributed by atoms with Gasteiger partial charge < -0.3 is 11.1 Å². The van der Waals surface area contributed by atoms with Crippen LogP contribution in [0.2, 0.25) is 0 Å². The SMILES string of the molecule is CC(N)c1cnn(-c2cccc(C(=O)Nc3cn(C)nc3N3CCC(C)(C)C3=O)n2)c1. The van der Waals surface area contributed by atoms with Crippen LogP contribution >= 0.6 is 0 Å². The predicted octanol–water partition coefficient (Wildman–Crippen LogP) is 2.04. The maximum atomic E-state index is 12.9. The number of carbonyl (C=O) groups excluding carboxylic acids is 2. The van der Waals surface area contributed by atoms with Gasteiger partial charge in [-0.15, -0.1) is 0 Å². The monoisotopic (exact) mass is 422 g/mol. The van der Waals surface area contributed by atoms with E-state index in [9.17, 15) is 9.59 Å². The van der Waals surface area contributed by atoms with E-state index >= 15 is 0 Å². The van der Waals surface area contributed by atoms with Crippen LogP contribution in [-0.4, -0.2) is 42.9 Å². The Labute approximate surface area is 180 Å². The molecular weight excluding hydrogens is 396 g/mol. The van der Waals surface area contributed by atoms with E-state index in [1.807, 2.05) is 20.8 Å². The highest BCUT2D eigenvalue weighted by Gasteiger charge is 2.41. The molecular formula is C21H26N8O2. The fourth-order valence-corrected chi connectivity index (χ4v) is 3.49. The molecule has 1 fully saturated rings. The van der Waals surface area contributed by atoms with Crippen molar-refractivity contribution in [1.82, 2.24) is 24.5 Å². The van der Waals surface area contributed by atoms with E-state index in [-0.39, 0.29) is 17.6 Å². The number of anilines is 2. The Morgan fingerprint density at radius 2 is 2.06 bits per heavy atom. The van der Waals surface area contributed by atoms with Crippen molar-refractivity contribution in [3.63, 3.8) is 0 Å². The number of nitrogens with two attached hydrogens (primary N) is 1. The van der Waals surface area contributed by atoms with E-state index in [1.165, 1.54) is 0 Å². The molecule has 0 saturated carbocycles. The van der Waals surface area contributed by atoms with Gasteiger partial charge in [0.1, 0.15) is 11.4 Å². The molecule has 1 unspecified atom stereocenters. The molecule has 0 spiro atoms. The number of amides is 2. The van der Waals surface area contributed by atoms with Crippen LogP contribution in [0.4, 0.5) is 11.5 Å². The van der Waals surface area contributed by atoms with Crippen LogP contribution in [0, 0.1) is 5.41 Å². The summed E-state index contributed by atoms with van der Waals surface area (Å²) in [5.74, 6) is 0.533. The zero-order chi connectivity index (χ0) is 22.3.